The Morgan fingerprint density at radius 3 is 2.79 bits per heavy atom. The Bertz CT molecular complexity index is 333. The number of aliphatic hydroxyl groups excluding tert-OH is 1. The van der Waals surface area contributed by atoms with Gasteiger partial charge in [0.25, 0.3) is 0 Å². The molecule has 0 aliphatic rings. The topological polar surface area (TPSA) is 55.5 Å². The van der Waals surface area contributed by atoms with Gasteiger partial charge in [-0.25, -0.2) is 4.39 Å². The van der Waals surface area contributed by atoms with Gasteiger partial charge in [-0.1, -0.05) is 11.6 Å². The minimum Gasteiger partial charge on any atom is -0.497 e. The lowest BCUT2D eigenvalue weighted by atomic mass is 10.1. The molecule has 1 aromatic carbocycles. The molecule has 3 nitrogen and oxygen atoms in total. The summed E-state index contributed by atoms with van der Waals surface area (Å²) in [6, 6.07) is 1.97. The molecule has 0 amide bonds. The average Bonchev–Trinajstić information content (AvgIpc) is 2.20. The van der Waals surface area contributed by atoms with E-state index in [0.717, 1.165) is 6.07 Å². The molecule has 1 unspecified atom stereocenters. The molecule has 1 aromatic rings. The van der Waals surface area contributed by atoms with Crippen molar-refractivity contribution in [2.75, 3.05) is 13.7 Å². The molecule has 0 fully saturated rings. The van der Waals surface area contributed by atoms with Crippen molar-refractivity contribution in [3.63, 3.8) is 0 Å². The Morgan fingerprint density at radius 2 is 2.29 bits per heavy atom. The SMILES string of the molecule is COc1cc(F)c(Cl)c(C(N)CO)c1. The summed E-state index contributed by atoms with van der Waals surface area (Å²) in [5.41, 5.74) is 5.87. The van der Waals surface area contributed by atoms with Gasteiger partial charge in [0, 0.05) is 6.07 Å². The van der Waals surface area contributed by atoms with Crippen LogP contribution in [0.3, 0.4) is 0 Å². The highest BCUT2D eigenvalue weighted by Gasteiger charge is 2.14. The number of methoxy groups -OCH3 is 1. The largest absolute Gasteiger partial charge is 0.497 e. The van der Waals surface area contributed by atoms with Crippen molar-refractivity contribution in [3.05, 3.63) is 28.5 Å². The summed E-state index contributed by atoms with van der Waals surface area (Å²) in [6.45, 7) is -0.299. The lowest BCUT2D eigenvalue weighted by Crippen LogP contribution is -2.15. The molecule has 3 N–H and O–H groups in total. The summed E-state index contributed by atoms with van der Waals surface area (Å²) in [5.74, 6) is -0.282. The molecule has 78 valence electrons. The summed E-state index contributed by atoms with van der Waals surface area (Å²) < 4.78 is 18.0. The van der Waals surface area contributed by atoms with Crippen molar-refractivity contribution in [3.8, 4) is 5.75 Å². The van der Waals surface area contributed by atoms with Gasteiger partial charge in [-0.3, -0.25) is 0 Å². The predicted octanol–water partition coefficient (Wildman–Crippen LogP) is 1.48. The third-order valence-electron chi connectivity index (χ3n) is 1.86. The predicted molar refractivity (Wildman–Crippen MR) is 52.0 cm³/mol. The highest BCUT2D eigenvalue weighted by Crippen LogP contribution is 2.29. The molecule has 1 rings (SSSR count). The number of halogens is 2. The van der Waals surface area contributed by atoms with Crippen molar-refractivity contribution in [2.45, 2.75) is 6.04 Å². The van der Waals surface area contributed by atoms with Gasteiger partial charge < -0.3 is 15.6 Å². The van der Waals surface area contributed by atoms with E-state index in [1.165, 1.54) is 13.2 Å². The number of nitrogens with two attached hydrogens (primary N) is 1. The van der Waals surface area contributed by atoms with Gasteiger partial charge >= 0.3 is 0 Å². The Kier molecular flexibility index (Phi) is 3.69. The lowest BCUT2D eigenvalue weighted by Gasteiger charge is -2.12. The Morgan fingerprint density at radius 1 is 1.64 bits per heavy atom. The molecule has 0 aliphatic carbocycles. The van der Waals surface area contributed by atoms with E-state index in [0.29, 0.717) is 11.3 Å². The van der Waals surface area contributed by atoms with Crippen LogP contribution < -0.4 is 10.5 Å². The van der Waals surface area contributed by atoms with E-state index >= 15 is 0 Å². The first-order valence-corrected chi connectivity index (χ1v) is 4.37. The average molecular weight is 220 g/mol. The number of rotatable bonds is 3. The molecule has 0 bridgehead atoms. The molecule has 0 saturated carbocycles. The maximum Gasteiger partial charge on any atom is 0.145 e. The van der Waals surface area contributed by atoms with Gasteiger partial charge in [0.05, 0.1) is 24.8 Å². The minimum atomic E-state index is -0.702. The van der Waals surface area contributed by atoms with Crippen molar-refractivity contribution in [2.24, 2.45) is 5.73 Å². The monoisotopic (exact) mass is 219 g/mol. The van der Waals surface area contributed by atoms with Crippen LogP contribution in [0.4, 0.5) is 4.39 Å². The van der Waals surface area contributed by atoms with Crippen LogP contribution in [0.1, 0.15) is 11.6 Å². The van der Waals surface area contributed by atoms with E-state index in [-0.39, 0.29) is 11.6 Å². The first-order chi connectivity index (χ1) is 6.60. The molecule has 0 heterocycles. The molecular weight excluding hydrogens is 209 g/mol. The summed E-state index contributed by atoms with van der Waals surface area (Å²) in [6.07, 6.45) is 0. The van der Waals surface area contributed by atoms with Gasteiger partial charge in [0.15, 0.2) is 0 Å². The Hall–Kier alpha value is -0.840. The summed E-state index contributed by atoms with van der Waals surface area (Å²) in [4.78, 5) is 0. The molecule has 14 heavy (non-hydrogen) atoms. The highest BCUT2D eigenvalue weighted by molar-refractivity contribution is 6.31. The van der Waals surface area contributed by atoms with E-state index in [1.54, 1.807) is 0 Å². The second-order valence-corrected chi connectivity index (χ2v) is 3.18. The first kappa shape index (κ1) is 11.2. The van der Waals surface area contributed by atoms with Crippen LogP contribution in [0.5, 0.6) is 5.75 Å². The fourth-order valence-corrected chi connectivity index (χ4v) is 1.32. The summed E-state index contributed by atoms with van der Waals surface area (Å²) >= 11 is 5.67. The van der Waals surface area contributed by atoms with Crippen LogP contribution in [-0.4, -0.2) is 18.8 Å². The molecule has 5 heteroatoms. The quantitative estimate of drug-likeness (QED) is 0.810. The van der Waals surface area contributed by atoms with E-state index in [1.807, 2.05) is 0 Å². The Labute approximate surface area is 86.2 Å². The number of benzene rings is 1. The molecule has 0 aromatic heterocycles. The van der Waals surface area contributed by atoms with Crippen molar-refractivity contribution < 1.29 is 14.2 Å². The number of hydrogen-bond donors (Lipinski definition) is 2. The summed E-state index contributed by atoms with van der Waals surface area (Å²) in [7, 11) is 1.41. The molecule has 1 atom stereocenters. The van der Waals surface area contributed by atoms with Crippen LogP contribution >= 0.6 is 11.6 Å². The number of ether oxygens (including phenoxy) is 1. The zero-order valence-electron chi connectivity index (χ0n) is 7.63. The smallest absolute Gasteiger partial charge is 0.145 e. The molecular formula is C9H11ClFNO2. The van der Waals surface area contributed by atoms with E-state index in [4.69, 9.17) is 27.2 Å². The van der Waals surface area contributed by atoms with Gasteiger partial charge in [-0.2, -0.15) is 0 Å². The maximum atomic E-state index is 13.2. The fourth-order valence-electron chi connectivity index (χ4n) is 1.07. The Balaban J connectivity index is 3.20. The van der Waals surface area contributed by atoms with Gasteiger partial charge in [-0.05, 0) is 11.6 Å². The zero-order valence-corrected chi connectivity index (χ0v) is 8.38. The van der Waals surface area contributed by atoms with Crippen LogP contribution in [0.25, 0.3) is 0 Å². The zero-order chi connectivity index (χ0) is 10.7. The highest BCUT2D eigenvalue weighted by atomic mass is 35.5. The first-order valence-electron chi connectivity index (χ1n) is 3.99. The fraction of sp³-hybridized carbons (Fsp3) is 0.333. The van der Waals surface area contributed by atoms with E-state index < -0.39 is 11.9 Å². The van der Waals surface area contributed by atoms with Crippen LogP contribution in [0, 0.1) is 5.82 Å². The second kappa shape index (κ2) is 4.59. The third-order valence-corrected chi connectivity index (χ3v) is 2.26. The van der Waals surface area contributed by atoms with Crippen molar-refractivity contribution >= 4 is 11.6 Å². The van der Waals surface area contributed by atoms with Crippen LogP contribution in [0.2, 0.25) is 5.02 Å². The van der Waals surface area contributed by atoms with Crippen molar-refractivity contribution in [1.29, 1.82) is 0 Å². The van der Waals surface area contributed by atoms with Gasteiger partial charge in [0.2, 0.25) is 0 Å². The third kappa shape index (κ3) is 2.15. The van der Waals surface area contributed by atoms with Gasteiger partial charge in [-0.15, -0.1) is 0 Å². The number of aliphatic hydroxyl groups is 1. The maximum absolute atomic E-state index is 13.2. The second-order valence-electron chi connectivity index (χ2n) is 2.80. The minimum absolute atomic E-state index is 0.0765. The van der Waals surface area contributed by atoms with Crippen LogP contribution in [0.15, 0.2) is 12.1 Å². The standard InChI is InChI=1S/C9H11ClFNO2/c1-14-5-2-6(8(12)4-13)9(10)7(11)3-5/h2-3,8,13H,4,12H2,1H3. The van der Waals surface area contributed by atoms with Gasteiger partial charge in [0.1, 0.15) is 11.6 Å². The molecule has 0 spiro atoms. The van der Waals surface area contributed by atoms with E-state index in [9.17, 15) is 4.39 Å². The lowest BCUT2D eigenvalue weighted by molar-refractivity contribution is 0.267. The van der Waals surface area contributed by atoms with Crippen molar-refractivity contribution in [1.82, 2.24) is 0 Å². The number of hydrogen-bond acceptors (Lipinski definition) is 3. The molecule has 0 saturated heterocycles. The normalized spacial score (nSPS) is 12.6. The molecule has 0 aliphatic heterocycles. The van der Waals surface area contributed by atoms with Crippen LogP contribution in [-0.2, 0) is 0 Å². The van der Waals surface area contributed by atoms with E-state index in [2.05, 4.69) is 0 Å². The molecule has 0 radical (unpaired) electrons. The summed E-state index contributed by atoms with van der Waals surface area (Å²) in [5, 5.41) is 8.74.